The molecule has 1 unspecified atom stereocenters. The molecule has 2 aliphatic heterocycles. The van der Waals surface area contributed by atoms with Crippen molar-refractivity contribution in [2.45, 2.75) is 6.42 Å². The Balaban J connectivity index is 1.76. The van der Waals surface area contributed by atoms with Gasteiger partial charge in [-0.3, -0.25) is 4.79 Å². The molecule has 1 saturated heterocycles. The van der Waals surface area contributed by atoms with E-state index < -0.39 is 0 Å². The summed E-state index contributed by atoms with van der Waals surface area (Å²) in [6, 6.07) is 5.48. The number of carbonyl (C=O) groups excluding carboxylic acids is 1. The van der Waals surface area contributed by atoms with Gasteiger partial charge in [-0.2, -0.15) is 0 Å². The summed E-state index contributed by atoms with van der Waals surface area (Å²) in [5, 5.41) is 3.32. The summed E-state index contributed by atoms with van der Waals surface area (Å²) in [4.78, 5) is 14.4. The van der Waals surface area contributed by atoms with Crippen molar-refractivity contribution in [2.24, 2.45) is 5.92 Å². The maximum atomic E-state index is 12.6. The van der Waals surface area contributed by atoms with Crippen molar-refractivity contribution < 1.29 is 14.3 Å². The molecule has 5 nitrogen and oxygen atoms in total. The standard InChI is InChI=1S/C15H20N2O3/c1-17(10-11-5-6-16-9-11)15(18)12-3-2-4-13-14(12)20-8-7-19-13/h2-4,11,16H,5-10H2,1H3. The van der Waals surface area contributed by atoms with Crippen molar-refractivity contribution in [3.63, 3.8) is 0 Å². The number of para-hydroxylation sites is 1. The SMILES string of the molecule is CN(CC1CCNC1)C(=O)c1cccc2c1OCCO2. The Morgan fingerprint density at radius 3 is 3.05 bits per heavy atom. The van der Waals surface area contributed by atoms with Gasteiger partial charge >= 0.3 is 0 Å². The summed E-state index contributed by atoms with van der Waals surface area (Å²) < 4.78 is 11.1. The van der Waals surface area contributed by atoms with E-state index in [1.807, 2.05) is 19.2 Å². The Morgan fingerprint density at radius 2 is 2.25 bits per heavy atom. The fraction of sp³-hybridized carbons (Fsp3) is 0.533. The van der Waals surface area contributed by atoms with Gasteiger partial charge in [0.2, 0.25) is 0 Å². The molecule has 5 heteroatoms. The van der Waals surface area contributed by atoms with Gasteiger partial charge in [-0.15, -0.1) is 0 Å². The van der Waals surface area contributed by atoms with Gasteiger partial charge in [0.05, 0.1) is 5.56 Å². The van der Waals surface area contributed by atoms with Gasteiger partial charge in [-0.1, -0.05) is 6.07 Å². The highest BCUT2D eigenvalue weighted by Gasteiger charge is 2.25. The average Bonchev–Trinajstić information content (AvgIpc) is 2.99. The third kappa shape index (κ3) is 2.58. The van der Waals surface area contributed by atoms with Crippen LogP contribution < -0.4 is 14.8 Å². The van der Waals surface area contributed by atoms with Crippen molar-refractivity contribution >= 4 is 5.91 Å². The lowest BCUT2D eigenvalue weighted by Gasteiger charge is -2.24. The molecule has 0 radical (unpaired) electrons. The molecule has 0 spiro atoms. The highest BCUT2D eigenvalue weighted by atomic mass is 16.6. The summed E-state index contributed by atoms with van der Waals surface area (Å²) in [6.45, 7) is 3.84. The van der Waals surface area contributed by atoms with Crippen molar-refractivity contribution in [3.8, 4) is 11.5 Å². The summed E-state index contributed by atoms with van der Waals surface area (Å²) in [6.07, 6.45) is 1.13. The van der Waals surface area contributed by atoms with Crippen LogP contribution in [-0.4, -0.2) is 50.7 Å². The molecule has 0 bridgehead atoms. The number of nitrogens with zero attached hydrogens (tertiary/aromatic N) is 1. The maximum absolute atomic E-state index is 12.6. The van der Waals surface area contributed by atoms with Gasteiger partial charge in [-0.05, 0) is 37.6 Å². The van der Waals surface area contributed by atoms with Crippen LogP contribution >= 0.6 is 0 Å². The number of nitrogens with one attached hydrogen (secondary N) is 1. The van der Waals surface area contributed by atoms with Crippen LogP contribution in [-0.2, 0) is 0 Å². The molecule has 20 heavy (non-hydrogen) atoms. The lowest BCUT2D eigenvalue weighted by Crippen LogP contribution is -2.33. The van der Waals surface area contributed by atoms with E-state index in [4.69, 9.17) is 9.47 Å². The summed E-state index contributed by atoms with van der Waals surface area (Å²) in [5.74, 6) is 1.79. The number of ether oxygens (including phenoxy) is 2. The van der Waals surface area contributed by atoms with Gasteiger partial charge < -0.3 is 19.7 Å². The largest absolute Gasteiger partial charge is 0.486 e. The second-order valence-corrected chi connectivity index (χ2v) is 5.37. The minimum absolute atomic E-state index is 0.000694. The van der Waals surface area contributed by atoms with Crippen LogP contribution in [0.3, 0.4) is 0 Å². The first kappa shape index (κ1) is 13.2. The van der Waals surface area contributed by atoms with Gasteiger partial charge in [0, 0.05) is 13.6 Å². The number of amides is 1. The van der Waals surface area contributed by atoms with Crippen LogP contribution in [0.2, 0.25) is 0 Å². The normalized spacial score (nSPS) is 20.8. The maximum Gasteiger partial charge on any atom is 0.257 e. The molecule has 0 aliphatic carbocycles. The molecule has 1 amide bonds. The molecule has 0 aromatic heterocycles. The Hall–Kier alpha value is -1.75. The average molecular weight is 276 g/mol. The predicted octanol–water partition coefficient (Wildman–Crippen LogP) is 1.14. The van der Waals surface area contributed by atoms with Crippen molar-refractivity contribution in [3.05, 3.63) is 23.8 Å². The summed E-state index contributed by atoms with van der Waals surface area (Å²) in [5.41, 5.74) is 0.593. The van der Waals surface area contributed by atoms with Crippen LogP contribution in [0.15, 0.2) is 18.2 Å². The Labute approximate surface area is 118 Å². The van der Waals surface area contributed by atoms with Crippen LogP contribution in [0.5, 0.6) is 11.5 Å². The van der Waals surface area contributed by atoms with Crippen molar-refractivity contribution in [2.75, 3.05) is 39.9 Å². The minimum Gasteiger partial charge on any atom is -0.486 e. The monoisotopic (exact) mass is 276 g/mol. The Morgan fingerprint density at radius 1 is 1.40 bits per heavy atom. The number of rotatable bonds is 3. The van der Waals surface area contributed by atoms with E-state index in [1.165, 1.54) is 0 Å². The van der Waals surface area contributed by atoms with E-state index >= 15 is 0 Å². The third-order valence-corrected chi connectivity index (χ3v) is 3.84. The first-order valence-electron chi connectivity index (χ1n) is 7.10. The highest BCUT2D eigenvalue weighted by Crippen LogP contribution is 2.34. The molecule has 0 saturated carbocycles. The third-order valence-electron chi connectivity index (χ3n) is 3.84. The van der Waals surface area contributed by atoms with E-state index in [1.54, 1.807) is 11.0 Å². The molecule has 108 valence electrons. The van der Waals surface area contributed by atoms with Gasteiger partial charge in [0.15, 0.2) is 11.5 Å². The lowest BCUT2D eigenvalue weighted by atomic mass is 10.1. The molecule has 2 heterocycles. The Bertz CT molecular complexity index is 498. The molecule has 1 fully saturated rings. The molecule has 1 N–H and O–H groups in total. The molecule has 2 aliphatic rings. The number of carbonyl (C=O) groups is 1. The van der Waals surface area contributed by atoms with Gasteiger partial charge in [-0.25, -0.2) is 0 Å². The van der Waals surface area contributed by atoms with E-state index in [0.717, 1.165) is 26.1 Å². The van der Waals surface area contributed by atoms with E-state index in [0.29, 0.717) is 36.2 Å². The van der Waals surface area contributed by atoms with Crippen LogP contribution in [0.4, 0.5) is 0 Å². The second kappa shape index (κ2) is 5.71. The summed E-state index contributed by atoms with van der Waals surface area (Å²) in [7, 11) is 1.85. The first-order valence-corrected chi connectivity index (χ1v) is 7.10. The molecule has 1 aromatic rings. The van der Waals surface area contributed by atoms with E-state index in [9.17, 15) is 4.79 Å². The van der Waals surface area contributed by atoms with E-state index in [-0.39, 0.29) is 5.91 Å². The summed E-state index contributed by atoms with van der Waals surface area (Å²) >= 11 is 0. The van der Waals surface area contributed by atoms with Crippen molar-refractivity contribution in [1.29, 1.82) is 0 Å². The molecular formula is C15H20N2O3. The van der Waals surface area contributed by atoms with Crippen LogP contribution in [0.25, 0.3) is 0 Å². The molecular weight excluding hydrogens is 256 g/mol. The number of hydrogen-bond donors (Lipinski definition) is 1. The zero-order chi connectivity index (χ0) is 13.9. The first-order chi connectivity index (χ1) is 9.75. The quantitative estimate of drug-likeness (QED) is 0.899. The molecule has 3 rings (SSSR count). The predicted molar refractivity (Wildman–Crippen MR) is 75.4 cm³/mol. The highest BCUT2D eigenvalue weighted by molar-refractivity contribution is 5.97. The van der Waals surface area contributed by atoms with Crippen molar-refractivity contribution in [1.82, 2.24) is 10.2 Å². The number of hydrogen-bond acceptors (Lipinski definition) is 4. The smallest absolute Gasteiger partial charge is 0.257 e. The topological polar surface area (TPSA) is 50.8 Å². The van der Waals surface area contributed by atoms with E-state index in [2.05, 4.69) is 5.32 Å². The molecule has 1 atom stereocenters. The zero-order valence-corrected chi connectivity index (χ0v) is 11.7. The number of fused-ring (bicyclic) bond motifs is 1. The zero-order valence-electron chi connectivity index (χ0n) is 11.7. The fourth-order valence-corrected chi connectivity index (χ4v) is 2.79. The van der Waals surface area contributed by atoms with Crippen LogP contribution in [0, 0.1) is 5.92 Å². The number of benzene rings is 1. The van der Waals surface area contributed by atoms with Gasteiger partial charge in [0.25, 0.3) is 5.91 Å². The lowest BCUT2D eigenvalue weighted by molar-refractivity contribution is 0.0765. The molecule has 1 aromatic carbocycles. The Kier molecular flexibility index (Phi) is 3.78. The fourth-order valence-electron chi connectivity index (χ4n) is 2.79. The van der Waals surface area contributed by atoms with Crippen LogP contribution in [0.1, 0.15) is 16.8 Å². The van der Waals surface area contributed by atoms with Gasteiger partial charge in [0.1, 0.15) is 13.2 Å². The second-order valence-electron chi connectivity index (χ2n) is 5.37. The minimum atomic E-state index is -0.000694.